The van der Waals surface area contributed by atoms with Crippen molar-refractivity contribution in [3.8, 4) is 0 Å². The molecule has 0 aliphatic carbocycles. The van der Waals surface area contributed by atoms with Gasteiger partial charge in [0.1, 0.15) is 10.7 Å². The minimum Gasteiger partial charge on any atom is -0.399 e. The van der Waals surface area contributed by atoms with Gasteiger partial charge in [0.25, 0.3) is 10.0 Å². The number of hydrogen-bond donors (Lipinski definition) is 2. The molecule has 0 bridgehead atoms. The molecule has 2 rings (SSSR count). The van der Waals surface area contributed by atoms with E-state index in [4.69, 9.17) is 28.9 Å². The van der Waals surface area contributed by atoms with Crippen molar-refractivity contribution >= 4 is 44.6 Å². The van der Waals surface area contributed by atoms with Crippen LogP contribution in [0.2, 0.25) is 10.0 Å². The van der Waals surface area contributed by atoms with Gasteiger partial charge in [0.05, 0.1) is 10.7 Å². The Morgan fingerprint density at radius 3 is 2.45 bits per heavy atom. The second kappa shape index (κ2) is 5.47. The van der Waals surface area contributed by atoms with Crippen LogP contribution in [0.3, 0.4) is 0 Å². The van der Waals surface area contributed by atoms with Crippen LogP contribution in [0.4, 0.5) is 15.8 Å². The Morgan fingerprint density at radius 2 is 1.80 bits per heavy atom. The zero-order valence-corrected chi connectivity index (χ0v) is 12.2. The van der Waals surface area contributed by atoms with Crippen LogP contribution in [-0.4, -0.2) is 8.42 Å². The Kier molecular flexibility index (Phi) is 4.08. The normalized spacial score (nSPS) is 11.3. The van der Waals surface area contributed by atoms with Gasteiger partial charge < -0.3 is 5.73 Å². The van der Waals surface area contributed by atoms with Crippen LogP contribution < -0.4 is 10.5 Å². The molecule has 0 saturated heterocycles. The van der Waals surface area contributed by atoms with E-state index in [0.29, 0.717) is 0 Å². The maximum atomic E-state index is 13.6. The number of rotatable bonds is 3. The van der Waals surface area contributed by atoms with E-state index in [9.17, 15) is 12.8 Å². The molecule has 2 aromatic rings. The highest BCUT2D eigenvalue weighted by Gasteiger charge is 2.20. The van der Waals surface area contributed by atoms with Crippen LogP contribution in [0.1, 0.15) is 0 Å². The first kappa shape index (κ1) is 14.9. The fourth-order valence-corrected chi connectivity index (χ4v) is 3.33. The predicted octanol–water partition coefficient (Wildman–Crippen LogP) is 3.52. The van der Waals surface area contributed by atoms with E-state index >= 15 is 0 Å². The van der Waals surface area contributed by atoms with Crippen LogP contribution in [0.5, 0.6) is 0 Å². The number of halogens is 3. The van der Waals surface area contributed by atoms with Crippen molar-refractivity contribution in [2.75, 3.05) is 10.5 Å². The first-order chi connectivity index (χ1) is 9.29. The summed E-state index contributed by atoms with van der Waals surface area (Å²) in [5.74, 6) is -0.785. The van der Waals surface area contributed by atoms with Gasteiger partial charge in [0, 0.05) is 10.7 Å². The highest BCUT2D eigenvalue weighted by Crippen LogP contribution is 2.27. The highest BCUT2D eigenvalue weighted by molar-refractivity contribution is 7.92. The van der Waals surface area contributed by atoms with Gasteiger partial charge in [0.15, 0.2) is 0 Å². The maximum absolute atomic E-state index is 13.6. The smallest absolute Gasteiger partial charge is 0.263 e. The van der Waals surface area contributed by atoms with Crippen LogP contribution in [0.15, 0.2) is 41.3 Å². The zero-order chi connectivity index (χ0) is 14.9. The number of nitrogens with one attached hydrogen (secondary N) is 1. The average molecular weight is 335 g/mol. The minimum absolute atomic E-state index is 0.0160. The molecule has 0 saturated carbocycles. The molecule has 0 radical (unpaired) electrons. The number of nitrogens with two attached hydrogens (primary N) is 1. The number of anilines is 2. The van der Waals surface area contributed by atoms with Crippen molar-refractivity contribution in [2.24, 2.45) is 0 Å². The lowest BCUT2D eigenvalue weighted by molar-refractivity contribution is 0.598. The minimum atomic E-state index is -4.05. The standard InChI is InChI=1S/C12H9Cl2FN2O2S/c13-7-1-3-9(14)12(5-7)20(18,19)17-11-4-2-8(16)6-10(11)15/h1-6,17H,16H2. The quantitative estimate of drug-likeness (QED) is 0.843. The van der Waals surface area contributed by atoms with E-state index in [1.54, 1.807) is 0 Å². The molecule has 0 unspecified atom stereocenters. The Balaban J connectivity index is 2.43. The fourth-order valence-electron chi connectivity index (χ4n) is 1.50. The largest absolute Gasteiger partial charge is 0.399 e. The van der Waals surface area contributed by atoms with Gasteiger partial charge in [-0.05, 0) is 36.4 Å². The third kappa shape index (κ3) is 3.15. The van der Waals surface area contributed by atoms with Gasteiger partial charge in [0.2, 0.25) is 0 Å². The summed E-state index contributed by atoms with van der Waals surface area (Å²) in [4.78, 5) is -0.233. The molecular formula is C12H9Cl2FN2O2S. The van der Waals surface area contributed by atoms with Crippen molar-refractivity contribution in [1.29, 1.82) is 0 Å². The molecular weight excluding hydrogens is 326 g/mol. The lowest BCUT2D eigenvalue weighted by Crippen LogP contribution is -2.14. The molecule has 4 nitrogen and oxygen atoms in total. The molecule has 3 N–H and O–H groups in total. The molecule has 0 aromatic heterocycles. The first-order valence-corrected chi connectivity index (χ1v) is 7.56. The Hall–Kier alpha value is -1.50. The van der Waals surface area contributed by atoms with Crippen molar-refractivity contribution in [3.63, 3.8) is 0 Å². The predicted molar refractivity (Wildman–Crippen MR) is 78.1 cm³/mol. The van der Waals surface area contributed by atoms with Crippen LogP contribution in [-0.2, 0) is 10.0 Å². The second-order valence-electron chi connectivity index (χ2n) is 3.92. The summed E-state index contributed by atoms with van der Waals surface area (Å²) >= 11 is 11.6. The summed E-state index contributed by atoms with van der Waals surface area (Å²) in [5.41, 5.74) is 5.35. The zero-order valence-electron chi connectivity index (χ0n) is 9.90. The van der Waals surface area contributed by atoms with Gasteiger partial charge in [-0.15, -0.1) is 0 Å². The summed E-state index contributed by atoms with van der Waals surface area (Å²) in [6.45, 7) is 0. The molecule has 8 heteroatoms. The lowest BCUT2D eigenvalue weighted by Gasteiger charge is -2.10. The van der Waals surface area contributed by atoms with Crippen molar-refractivity contribution in [1.82, 2.24) is 0 Å². The summed E-state index contributed by atoms with van der Waals surface area (Å²) in [5, 5.41) is 0.185. The van der Waals surface area contributed by atoms with E-state index < -0.39 is 15.8 Å². The molecule has 106 valence electrons. The Labute approximate surface area is 125 Å². The van der Waals surface area contributed by atoms with E-state index in [2.05, 4.69) is 4.72 Å². The van der Waals surface area contributed by atoms with E-state index in [1.165, 1.54) is 30.3 Å². The molecule has 20 heavy (non-hydrogen) atoms. The summed E-state index contributed by atoms with van der Waals surface area (Å²) in [6.07, 6.45) is 0. The van der Waals surface area contributed by atoms with Crippen LogP contribution in [0, 0.1) is 5.82 Å². The van der Waals surface area contributed by atoms with E-state index in [-0.39, 0.29) is 26.3 Å². The number of hydrogen-bond acceptors (Lipinski definition) is 3. The molecule has 0 heterocycles. The summed E-state index contributed by atoms with van der Waals surface area (Å²) < 4.78 is 40.0. The summed E-state index contributed by atoms with van der Waals surface area (Å²) in [7, 11) is -4.05. The van der Waals surface area contributed by atoms with Gasteiger partial charge in [-0.1, -0.05) is 23.2 Å². The summed E-state index contributed by atoms with van der Waals surface area (Å²) in [6, 6.07) is 7.59. The van der Waals surface area contributed by atoms with Crippen molar-refractivity contribution in [2.45, 2.75) is 4.90 Å². The fraction of sp³-hybridized carbons (Fsp3) is 0. The molecule has 0 atom stereocenters. The monoisotopic (exact) mass is 334 g/mol. The maximum Gasteiger partial charge on any atom is 0.263 e. The third-order valence-electron chi connectivity index (χ3n) is 2.42. The average Bonchev–Trinajstić information content (AvgIpc) is 2.35. The topological polar surface area (TPSA) is 72.2 Å². The van der Waals surface area contributed by atoms with Crippen LogP contribution >= 0.6 is 23.2 Å². The third-order valence-corrected chi connectivity index (χ3v) is 4.50. The molecule has 0 fully saturated rings. The van der Waals surface area contributed by atoms with E-state index in [0.717, 1.165) is 6.07 Å². The van der Waals surface area contributed by atoms with Crippen molar-refractivity contribution < 1.29 is 12.8 Å². The van der Waals surface area contributed by atoms with Crippen LogP contribution in [0.25, 0.3) is 0 Å². The molecule has 0 amide bonds. The number of benzene rings is 2. The van der Waals surface area contributed by atoms with Crippen molar-refractivity contribution in [3.05, 3.63) is 52.3 Å². The second-order valence-corrected chi connectivity index (χ2v) is 6.41. The molecule has 0 spiro atoms. The van der Waals surface area contributed by atoms with E-state index in [1.807, 2.05) is 0 Å². The number of nitrogen functional groups attached to an aromatic ring is 1. The molecule has 0 aliphatic heterocycles. The van der Waals surface area contributed by atoms with Gasteiger partial charge in [-0.2, -0.15) is 0 Å². The molecule has 0 aliphatic rings. The Bertz CT molecular complexity index is 766. The molecule has 2 aromatic carbocycles. The SMILES string of the molecule is Nc1ccc(NS(=O)(=O)c2cc(Cl)ccc2Cl)c(F)c1. The lowest BCUT2D eigenvalue weighted by atomic mass is 10.3. The Morgan fingerprint density at radius 1 is 1.10 bits per heavy atom. The highest BCUT2D eigenvalue weighted by atomic mass is 35.5. The van der Waals surface area contributed by atoms with Gasteiger partial charge >= 0.3 is 0 Å². The number of sulfonamides is 1. The van der Waals surface area contributed by atoms with Gasteiger partial charge in [-0.25, -0.2) is 12.8 Å². The van der Waals surface area contributed by atoms with Gasteiger partial charge in [-0.3, -0.25) is 4.72 Å². The first-order valence-electron chi connectivity index (χ1n) is 5.32.